The summed E-state index contributed by atoms with van der Waals surface area (Å²) in [5, 5.41) is 13.0. The number of hydrogen-bond acceptors (Lipinski definition) is 3. The molecule has 1 unspecified atom stereocenters. The fourth-order valence-corrected chi connectivity index (χ4v) is 2.36. The molecule has 1 saturated heterocycles. The lowest BCUT2D eigenvalue weighted by molar-refractivity contribution is -0.126. The number of aliphatic hydroxyl groups excluding tert-OH is 1. The second-order valence-electron chi connectivity index (χ2n) is 4.62. The Kier molecular flexibility index (Phi) is 4.15. The number of carbonyl (C=O) groups is 1. The second kappa shape index (κ2) is 5.82. The van der Waals surface area contributed by atoms with Crippen LogP contribution in [0.5, 0.6) is 0 Å². The minimum Gasteiger partial charge on any atom is -0.396 e. The Morgan fingerprint density at radius 1 is 1.67 bits per heavy atom. The van der Waals surface area contributed by atoms with E-state index >= 15 is 0 Å². The van der Waals surface area contributed by atoms with Crippen molar-refractivity contribution < 1.29 is 9.90 Å². The zero-order valence-electron chi connectivity index (χ0n) is 10.6. The number of likely N-dealkylation sites (tertiary alicyclic amines) is 1. The normalized spacial score (nSPS) is 19.9. The van der Waals surface area contributed by atoms with Gasteiger partial charge in [0, 0.05) is 44.1 Å². The molecule has 0 spiro atoms. The first-order chi connectivity index (χ1) is 8.70. The fraction of sp³-hybridized carbons (Fsp3) is 0.538. The standard InChI is InChI=1S/C13H19N3O2/c1-15-10-11(9-14-15)4-5-13(18)16-7-2-3-12(16)6-8-17/h4-5,9-10,12,17H,2-3,6-8H2,1H3/b5-4+. The smallest absolute Gasteiger partial charge is 0.246 e. The number of rotatable bonds is 4. The highest BCUT2D eigenvalue weighted by molar-refractivity contribution is 5.92. The topological polar surface area (TPSA) is 58.4 Å². The summed E-state index contributed by atoms with van der Waals surface area (Å²) < 4.78 is 1.70. The summed E-state index contributed by atoms with van der Waals surface area (Å²) in [6.07, 6.45) is 9.64. The molecule has 98 valence electrons. The third-order valence-corrected chi connectivity index (χ3v) is 3.27. The Labute approximate surface area is 107 Å². The van der Waals surface area contributed by atoms with Crippen LogP contribution in [0.2, 0.25) is 0 Å². The number of carbonyl (C=O) groups excluding carboxylic acids is 1. The lowest BCUT2D eigenvalue weighted by Crippen LogP contribution is -2.34. The number of amides is 1. The molecule has 18 heavy (non-hydrogen) atoms. The largest absolute Gasteiger partial charge is 0.396 e. The predicted molar refractivity (Wildman–Crippen MR) is 68.7 cm³/mol. The van der Waals surface area contributed by atoms with Gasteiger partial charge in [-0.25, -0.2) is 0 Å². The lowest BCUT2D eigenvalue weighted by Gasteiger charge is -2.22. The van der Waals surface area contributed by atoms with Crippen molar-refractivity contribution in [2.45, 2.75) is 25.3 Å². The molecule has 1 atom stereocenters. The van der Waals surface area contributed by atoms with Crippen LogP contribution in [-0.2, 0) is 11.8 Å². The van der Waals surface area contributed by atoms with Gasteiger partial charge in [0.2, 0.25) is 5.91 Å². The van der Waals surface area contributed by atoms with Crippen molar-refractivity contribution in [2.75, 3.05) is 13.2 Å². The third kappa shape index (κ3) is 2.98. The van der Waals surface area contributed by atoms with Crippen LogP contribution >= 0.6 is 0 Å². The maximum absolute atomic E-state index is 12.0. The zero-order chi connectivity index (χ0) is 13.0. The molecule has 1 fully saturated rings. The van der Waals surface area contributed by atoms with E-state index in [1.165, 1.54) is 0 Å². The molecule has 0 bridgehead atoms. The Hall–Kier alpha value is -1.62. The minimum atomic E-state index is 0.0230. The van der Waals surface area contributed by atoms with Gasteiger partial charge in [-0.05, 0) is 25.3 Å². The van der Waals surface area contributed by atoms with Crippen LogP contribution in [0.1, 0.15) is 24.8 Å². The fourth-order valence-electron chi connectivity index (χ4n) is 2.36. The molecule has 5 nitrogen and oxygen atoms in total. The van der Waals surface area contributed by atoms with Crippen LogP contribution in [0.4, 0.5) is 0 Å². The van der Waals surface area contributed by atoms with Crippen molar-refractivity contribution >= 4 is 12.0 Å². The molecule has 1 amide bonds. The van der Waals surface area contributed by atoms with Crippen molar-refractivity contribution in [3.63, 3.8) is 0 Å². The monoisotopic (exact) mass is 249 g/mol. The summed E-state index contributed by atoms with van der Waals surface area (Å²) >= 11 is 0. The maximum Gasteiger partial charge on any atom is 0.246 e. The Morgan fingerprint density at radius 3 is 3.17 bits per heavy atom. The van der Waals surface area contributed by atoms with Crippen LogP contribution in [-0.4, -0.2) is 44.9 Å². The van der Waals surface area contributed by atoms with E-state index in [1.54, 1.807) is 23.0 Å². The molecule has 1 aromatic heterocycles. The second-order valence-corrected chi connectivity index (χ2v) is 4.62. The first-order valence-corrected chi connectivity index (χ1v) is 6.29. The van der Waals surface area contributed by atoms with E-state index in [-0.39, 0.29) is 18.6 Å². The molecular weight excluding hydrogens is 230 g/mol. The van der Waals surface area contributed by atoms with Crippen molar-refractivity contribution in [3.05, 3.63) is 24.0 Å². The number of aliphatic hydroxyl groups is 1. The van der Waals surface area contributed by atoms with Gasteiger partial charge in [-0.3, -0.25) is 9.48 Å². The highest BCUT2D eigenvalue weighted by Crippen LogP contribution is 2.20. The molecule has 5 heteroatoms. The molecule has 1 aliphatic heterocycles. The summed E-state index contributed by atoms with van der Waals surface area (Å²) in [7, 11) is 1.84. The van der Waals surface area contributed by atoms with Gasteiger partial charge >= 0.3 is 0 Å². The summed E-state index contributed by atoms with van der Waals surface area (Å²) in [6.45, 7) is 0.932. The molecule has 1 aliphatic rings. The van der Waals surface area contributed by atoms with Gasteiger partial charge in [0.1, 0.15) is 0 Å². The van der Waals surface area contributed by atoms with E-state index in [4.69, 9.17) is 5.11 Å². The quantitative estimate of drug-likeness (QED) is 0.803. The van der Waals surface area contributed by atoms with Crippen LogP contribution in [0.3, 0.4) is 0 Å². The minimum absolute atomic E-state index is 0.0230. The van der Waals surface area contributed by atoms with Crippen LogP contribution < -0.4 is 0 Å². The maximum atomic E-state index is 12.0. The average molecular weight is 249 g/mol. The molecule has 1 N–H and O–H groups in total. The summed E-state index contributed by atoms with van der Waals surface area (Å²) in [5.41, 5.74) is 0.920. The molecule has 2 heterocycles. The van der Waals surface area contributed by atoms with E-state index in [0.29, 0.717) is 6.42 Å². The summed E-state index contributed by atoms with van der Waals surface area (Å²) in [4.78, 5) is 13.9. The van der Waals surface area contributed by atoms with E-state index < -0.39 is 0 Å². The first kappa shape index (κ1) is 12.8. The summed E-state index contributed by atoms with van der Waals surface area (Å²) in [5.74, 6) is 0.0230. The SMILES string of the molecule is Cn1cc(/C=C/C(=O)N2CCCC2CCO)cn1. The van der Waals surface area contributed by atoms with E-state index in [9.17, 15) is 4.79 Å². The number of aryl methyl sites for hydroxylation is 1. The van der Waals surface area contributed by atoms with Crippen molar-refractivity contribution in [3.8, 4) is 0 Å². The van der Waals surface area contributed by atoms with Gasteiger partial charge in [-0.15, -0.1) is 0 Å². The van der Waals surface area contributed by atoms with Crippen molar-refractivity contribution in [1.82, 2.24) is 14.7 Å². The van der Waals surface area contributed by atoms with Gasteiger partial charge in [0.25, 0.3) is 0 Å². The van der Waals surface area contributed by atoms with Crippen molar-refractivity contribution in [1.29, 1.82) is 0 Å². The van der Waals surface area contributed by atoms with Crippen molar-refractivity contribution in [2.24, 2.45) is 7.05 Å². The van der Waals surface area contributed by atoms with Crippen LogP contribution in [0.25, 0.3) is 6.08 Å². The van der Waals surface area contributed by atoms with E-state index in [1.807, 2.05) is 18.1 Å². The van der Waals surface area contributed by atoms with Crippen LogP contribution in [0, 0.1) is 0 Å². The van der Waals surface area contributed by atoms with Gasteiger partial charge in [-0.1, -0.05) is 0 Å². The molecule has 1 aromatic rings. The molecule has 0 radical (unpaired) electrons. The van der Waals surface area contributed by atoms with Gasteiger partial charge < -0.3 is 10.0 Å². The molecule has 0 aromatic carbocycles. The van der Waals surface area contributed by atoms with Gasteiger partial charge in [-0.2, -0.15) is 5.10 Å². The zero-order valence-corrected chi connectivity index (χ0v) is 10.6. The number of hydrogen-bond donors (Lipinski definition) is 1. The number of nitrogens with zero attached hydrogens (tertiary/aromatic N) is 3. The van der Waals surface area contributed by atoms with E-state index in [0.717, 1.165) is 24.9 Å². The molecule has 2 rings (SSSR count). The van der Waals surface area contributed by atoms with E-state index in [2.05, 4.69) is 5.10 Å². The predicted octanol–water partition coefficient (Wildman–Crippen LogP) is 0.807. The van der Waals surface area contributed by atoms with Gasteiger partial charge in [0.05, 0.1) is 6.20 Å². The first-order valence-electron chi connectivity index (χ1n) is 6.29. The Bertz CT molecular complexity index is 439. The average Bonchev–Trinajstić information content (AvgIpc) is 2.96. The summed E-state index contributed by atoms with van der Waals surface area (Å²) in [6, 6.07) is 0.195. The Balaban J connectivity index is 1.96. The highest BCUT2D eigenvalue weighted by atomic mass is 16.3. The molecule has 0 aliphatic carbocycles. The third-order valence-electron chi connectivity index (χ3n) is 3.27. The molecule has 0 saturated carbocycles. The van der Waals surface area contributed by atoms with Crippen LogP contribution in [0.15, 0.2) is 18.5 Å². The van der Waals surface area contributed by atoms with Gasteiger partial charge in [0.15, 0.2) is 0 Å². The Morgan fingerprint density at radius 2 is 2.50 bits per heavy atom. The highest BCUT2D eigenvalue weighted by Gasteiger charge is 2.26. The lowest BCUT2D eigenvalue weighted by atomic mass is 10.1. The molecular formula is C13H19N3O2. The number of aromatic nitrogens is 2.